The summed E-state index contributed by atoms with van der Waals surface area (Å²) in [5.41, 5.74) is 0.420. The summed E-state index contributed by atoms with van der Waals surface area (Å²) in [6, 6.07) is 8.76. The van der Waals surface area contributed by atoms with Crippen LogP contribution in [-0.4, -0.2) is 39.4 Å². The topological polar surface area (TPSA) is 75.7 Å². The average Bonchev–Trinajstić information content (AvgIpc) is 2.55. The minimum atomic E-state index is -4.05. The molecule has 0 spiro atoms. The molecule has 2 aromatic carbocycles. The molecule has 0 aliphatic carbocycles. The molecule has 138 valence electrons. The van der Waals surface area contributed by atoms with Crippen LogP contribution in [-0.2, 0) is 10.0 Å². The number of ether oxygens (including phenoxy) is 1. The average molecular weight is 415 g/mol. The molecule has 1 saturated heterocycles. The van der Waals surface area contributed by atoms with E-state index in [-0.39, 0.29) is 32.8 Å². The van der Waals surface area contributed by atoms with Crippen molar-refractivity contribution in [3.8, 4) is 5.75 Å². The van der Waals surface area contributed by atoms with Gasteiger partial charge in [-0.2, -0.15) is 0 Å². The molecule has 1 amide bonds. The van der Waals surface area contributed by atoms with E-state index < -0.39 is 10.0 Å². The van der Waals surface area contributed by atoms with Crippen LogP contribution in [0.5, 0.6) is 5.75 Å². The lowest BCUT2D eigenvalue weighted by atomic mass is 10.1. The van der Waals surface area contributed by atoms with Gasteiger partial charge in [0, 0.05) is 23.7 Å². The number of rotatable bonds is 5. The molecule has 1 heterocycles. The van der Waals surface area contributed by atoms with Crippen molar-refractivity contribution in [3.05, 3.63) is 52.0 Å². The van der Waals surface area contributed by atoms with Crippen molar-refractivity contribution in [1.82, 2.24) is 4.90 Å². The zero-order valence-electron chi connectivity index (χ0n) is 13.8. The van der Waals surface area contributed by atoms with Gasteiger partial charge in [-0.1, -0.05) is 23.2 Å². The van der Waals surface area contributed by atoms with Crippen LogP contribution >= 0.6 is 23.2 Å². The molecule has 0 radical (unpaired) electrons. The van der Waals surface area contributed by atoms with E-state index in [0.717, 1.165) is 6.42 Å². The van der Waals surface area contributed by atoms with E-state index in [1.54, 1.807) is 17.0 Å². The molecular weight excluding hydrogens is 399 g/mol. The minimum absolute atomic E-state index is 0.121. The lowest BCUT2D eigenvalue weighted by Crippen LogP contribution is -2.42. The van der Waals surface area contributed by atoms with Crippen LogP contribution in [0.3, 0.4) is 0 Å². The van der Waals surface area contributed by atoms with E-state index in [1.165, 1.54) is 31.4 Å². The molecule has 1 fully saturated rings. The van der Waals surface area contributed by atoms with E-state index >= 15 is 0 Å². The van der Waals surface area contributed by atoms with Crippen LogP contribution in [0.2, 0.25) is 10.0 Å². The number of hydrogen-bond acceptors (Lipinski definition) is 4. The highest BCUT2D eigenvalue weighted by Gasteiger charge is 2.26. The number of benzene rings is 2. The van der Waals surface area contributed by atoms with Crippen molar-refractivity contribution < 1.29 is 17.9 Å². The number of amides is 1. The molecule has 1 aliphatic rings. The van der Waals surface area contributed by atoms with Crippen LogP contribution in [0.1, 0.15) is 16.8 Å². The molecule has 6 nitrogen and oxygen atoms in total. The van der Waals surface area contributed by atoms with Gasteiger partial charge in [-0.25, -0.2) is 8.42 Å². The van der Waals surface area contributed by atoms with E-state index in [9.17, 15) is 13.2 Å². The molecule has 0 bridgehead atoms. The first-order valence-electron chi connectivity index (χ1n) is 7.77. The smallest absolute Gasteiger partial charge is 0.265 e. The highest BCUT2D eigenvalue weighted by Crippen LogP contribution is 2.31. The summed E-state index contributed by atoms with van der Waals surface area (Å²) in [6.07, 6.45) is 0.946. The Morgan fingerprint density at radius 2 is 1.88 bits per heavy atom. The van der Waals surface area contributed by atoms with E-state index in [2.05, 4.69) is 4.72 Å². The van der Waals surface area contributed by atoms with Gasteiger partial charge in [0.25, 0.3) is 15.9 Å². The van der Waals surface area contributed by atoms with Gasteiger partial charge in [0.15, 0.2) is 0 Å². The van der Waals surface area contributed by atoms with Crippen LogP contribution in [0.4, 0.5) is 5.69 Å². The van der Waals surface area contributed by atoms with Crippen molar-refractivity contribution in [2.45, 2.75) is 11.3 Å². The Labute approximate surface area is 161 Å². The van der Waals surface area contributed by atoms with E-state index in [1.807, 2.05) is 0 Å². The van der Waals surface area contributed by atoms with Gasteiger partial charge in [0.2, 0.25) is 0 Å². The highest BCUT2D eigenvalue weighted by atomic mass is 35.5. The van der Waals surface area contributed by atoms with Gasteiger partial charge < -0.3 is 9.64 Å². The summed E-state index contributed by atoms with van der Waals surface area (Å²) < 4.78 is 33.3. The number of nitrogens with zero attached hydrogens (tertiary/aromatic N) is 1. The van der Waals surface area contributed by atoms with Crippen LogP contribution in [0.25, 0.3) is 0 Å². The Bertz CT molecular complexity index is 959. The fourth-order valence-electron chi connectivity index (χ4n) is 2.50. The standard InChI is InChI=1S/C17H16Cl2N2O4S/c1-25-15-6-3-11(17(22)21-7-2-8-21)9-16(15)26(23,24)20-14-10-12(18)4-5-13(14)19/h3-6,9-10,20H,2,7-8H2,1H3. The summed E-state index contributed by atoms with van der Waals surface area (Å²) in [5.74, 6) is -0.0908. The SMILES string of the molecule is COc1ccc(C(=O)N2CCC2)cc1S(=O)(=O)Nc1cc(Cl)ccc1Cl. The van der Waals surface area contributed by atoms with Crippen molar-refractivity contribution in [2.75, 3.05) is 24.9 Å². The van der Waals surface area contributed by atoms with E-state index in [0.29, 0.717) is 18.1 Å². The predicted molar refractivity (Wildman–Crippen MR) is 101 cm³/mol. The molecule has 3 rings (SSSR count). The predicted octanol–water partition coefficient (Wildman–Crippen LogP) is 3.65. The molecule has 1 aliphatic heterocycles. The number of halogens is 2. The maximum Gasteiger partial charge on any atom is 0.265 e. The molecule has 0 aromatic heterocycles. The van der Waals surface area contributed by atoms with Crippen molar-refractivity contribution >= 4 is 44.8 Å². The number of hydrogen-bond donors (Lipinski definition) is 1. The van der Waals surface area contributed by atoms with Crippen molar-refractivity contribution in [1.29, 1.82) is 0 Å². The zero-order chi connectivity index (χ0) is 18.9. The maximum absolute atomic E-state index is 12.9. The number of sulfonamides is 1. The molecule has 0 saturated carbocycles. The molecular formula is C17H16Cl2N2O4S. The summed E-state index contributed by atoms with van der Waals surface area (Å²) in [4.78, 5) is 13.9. The van der Waals surface area contributed by atoms with Gasteiger partial charge in [-0.3, -0.25) is 9.52 Å². The summed E-state index contributed by atoms with van der Waals surface area (Å²) >= 11 is 11.9. The fourth-order valence-corrected chi connectivity index (χ4v) is 4.16. The second kappa shape index (κ2) is 7.34. The van der Waals surface area contributed by atoms with Gasteiger partial charge in [0.1, 0.15) is 10.6 Å². The largest absolute Gasteiger partial charge is 0.495 e. The quantitative estimate of drug-likeness (QED) is 0.809. The first-order chi connectivity index (χ1) is 12.3. The lowest BCUT2D eigenvalue weighted by Gasteiger charge is -2.31. The Balaban J connectivity index is 1.99. The monoisotopic (exact) mass is 414 g/mol. The second-order valence-electron chi connectivity index (χ2n) is 5.74. The Kier molecular flexibility index (Phi) is 5.32. The molecule has 9 heteroatoms. The molecule has 26 heavy (non-hydrogen) atoms. The third kappa shape index (κ3) is 3.75. The summed E-state index contributed by atoms with van der Waals surface area (Å²) in [6.45, 7) is 1.34. The number of anilines is 1. The molecule has 1 N–H and O–H groups in total. The highest BCUT2D eigenvalue weighted by molar-refractivity contribution is 7.92. The van der Waals surface area contributed by atoms with Gasteiger partial charge in [-0.05, 0) is 42.8 Å². The maximum atomic E-state index is 12.9. The molecule has 2 aromatic rings. The van der Waals surface area contributed by atoms with Gasteiger partial charge in [-0.15, -0.1) is 0 Å². The van der Waals surface area contributed by atoms with Crippen molar-refractivity contribution in [2.24, 2.45) is 0 Å². The Morgan fingerprint density at radius 3 is 2.50 bits per heavy atom. The van der Waals surface area contributed by atoms with Crippen LogP contribution in [0.15, 0.2) is 41.3 Å². The first-order valence-corrected chi connectivity index (χ1v) is 10.0. The Morgan fingerprint density at radius 1 is 1.15 bits per heavy atom. The first kappa shape index (κ1) is 18.8. The molecule has 0 atom stereocenters. The number of likely N-dealkylation sites (tertiary alicyclic amines) is 1. The number of carbonyl (C=O) groups is 1. The third-order valence-electron chi connectivity index (χ3n) is 4.02. The second-order valence-corrected chi connectivity index (χ2v) is 8.24. The summed E-state index contributed by atoms with van der Waals surface area (Å²) in [5, 5.41) is 0.533. The molecule has 0 unspecified atom stereocenters. The van der Waals surface area contributed by atoms with Crippen LogP contribution in [0, 0.1) is 0 Å². The number of carbonyl (C=O) groups excluding carboxylic acids is 1. The van der Waals surface area contributed by atoms with Crippen LogP contribution < -0.4 is 9.46 Å². The normalized spacial score (nSPS) is 13.9. The van der Waals surface area contributed by atoms with Gasteiger partial charge in [0.05, 0.1) is 17.8 Å². The van der Waals surface area contributed by atoms with E-state index in [4.69, 9.17) is 27.9 Å². The zero-order valence-corrected chi connectivity index (χ0v) is 16.2. The van der Waals surface area contributed by atoms with Crippen molar-refractivity contribution in [3.63, 3.8) is 0 Å². The summed E-state index contributed by atoms with van der Waals surface area (Å²) in [7, 11) is -2.70. The third-order valence-corrected chi connectivity index (χ3v) is 5.97. The number of nitrogens with one attached hydrogen (secondary N) is 1. The fraction of sp³-hybridized carbons (Fsp3) is 0.235. The Hall–Kier alpha value is -1.96. The number of methoxy groups -OCH3 is 1. The minimum Gasteiger partial charge on any atom is -0.495 e. The van der Waals surface area contributed by atoms with Gasteiger partial charge >= 0.3 is 0 Å². The lowest BCUT2D eigenvalue weighted by molar-refractivity contribution is 0.0651.